The number of likely N-dealkylation sites (tertiary alicyclic amines) is 1. The summed E-state index contributed by atoms with van der Waals surface area (Å²) in [5.74, 6) is 1.42. The molecule has 0 aromatic rings. The van der Waals surface area contributed by atoms with Crippen molar-refractivity contribution in [1.82, 2.24) is 10.2 Å². The van der Waals surface area contributed by atoms with E-state index in [-0.39, 0.29) is 0 Å². The highest BCUT2D eigenvalue weighted by Crippen LogP contribution is 2.30. The summed E-state index contributed by atoms with van der Waals surface area (Å²) in [6.07, 6.45) is 9.33. The first-order chi connectivity index (χ1) is 8.81. The average Bonchev–Trinajstić information content (AvgIpc) is 3.16. The lowest BCUT2D eigenvalue weighted by atomic mass is 9.93. The van der Waals surface area contributed by atoms with Gasteiger partial charge in [0, 0.05) is 18.6 Å². The van der Waals surface area contributed by atoms with Crippen LogP contribution in [0.5, 0.6) is 0 Å². The fraction of sp³-hybridized carbons (Fsp3) is 0.929. The third kappa shape index (κ3) is 3.16. The molecule has 0 spiro atoms. The molecule has 1 heterocycles. The van der Waals surface area contributed by atoms with Gasteiger partial charge in [0.15, 0.2) is 5.96 Å². The number of hydrogen-bond donors (Lipinski definition) is 2. The first-order valence-electron chi connectivity index (χ1n) is 7.62. The lowest BCUT2D eigenvalue weighted by molar-refractivity contribution is 0.179. The summed E-state index contributed by atoms with van der Waals surface area (Å²) in [6.45, 7) is 3.48. The Kier molecular flexibility index (Phi) is 3.73. The zero-order valence-electron chi connectivity index (χ0n) is 11.3. The molecule has 2 aliphatic carbocycles. The molecule has 0 atom stereocenters. The van der Waals surface area contributed by atoms with Crippen molar-refractivity contribution in [2.75, 3.05) is 19.6 Å². The Balaban J connectivity index is 1.36. The van der Waals surface area contributed by atoms with Gasteiger partial charge in [-0.15, -0.1) is 0 Å². The summed E-state index contributed by atoms with van der Waals surface area (Å²) in [7, 11) is 0. The second-order valence-corrected chi connectivity index (χ2v) is 6.21. The van der Waals surface area contributed by atoms with E-state index in [2.05, 4.69) is 15.2 Å². The first-order valence-corrected chi connectivity index (χ1v) is 7.62. The van der Waals surface area contributed by atoms with Gasteiger partial charge in [-0.1, -0.05) is 0 Å². The molecule has 102 valence electrons. The zero-order valence-corrected chi connectivity index (χ0v) is 11.3. The van der Waals surface area contributed by atoms with Crippen LogP contribution in [0.4, 0.5) is 0 Å². The van der Waals surface area contributed by atoms with Crippen molar-refractivity contribution in [3.8, 4) is 0 Å². The van der Waals surface area contributed by atoms with Gasteiger partial charge in [0.05, 0.1) is 0 Å². The smallest absolute Gasteiger partial charge is 0.188 e. The highest BCUT2D eigenvalue weighted by atomic mass is 15.2. The monoisotopic (exact) mass is 250 g/mol. The van der Waals surface area contributed by atoms with Crippen molar-refractivity contribution < 1.29 is 0 Å². The van der Waals surface area contributed by atoms with Crippen LogP contribution in [0, 0.1) is 5.92 Å². The van der Waals surface area contributed by atoms with Crippen molar-refractivity contribution in [3.05, 3.63) is 0 Å². The molecule has 1 saturated heterocycles. The van der Waals surface area contributed by atoms with Crippen LogP contribution >= 0.6 is 0 Å². The molecular formula is C14H26N4. The number of nitrogens with zero attached hydrogens (tertiary/aromatic N) is 2. The predicted molar refractivity (Wildman–Crippen MR) is 74.6 cm³/mol. The molecule has 3 aliphatic rings. The van der Waals surface area contributed by atoms with Crippen LogP contribution in [-0.2, 0) is 0 Å². The number of nitrogens with two attached hydrogens (primary N) is 1. The molecule has 1 aliphatic heterocycles. The topological polar surface area (TPSA) is 53.6 Å². The van der Waals surface area contributed by atoms with Gasteiger partial charge >= 0.3 is 0 Å². The number of hydrogen-bond acceptors (Lipinski definition) is 2. The SMILES string of the molecule is NC(=NCC1CCN(C2CC2)CC1)NC1CCC1. The van der Waals surface area contributed by atoms with Crippen LogP contribution in [-0.4, -0.2) is 42.6 Å². The summed E-state index contributed by atoms with van der Waals surface area (Å²) >= 11 is 0. The molecule has 18 heavy (non-hydrogen) atoms. The Bertz CT molecular complexity index is 299. The van der Waals surface area contributed by atoms with Gasteiger partial charge in [0.2, 0.25) is 0 Å². The Morgan fingerprint density at radius 2 is 1.83 bits per heavy atom. The Morgan fingerprint density at radius 3 is 2.39 bits per heavy atom. The highest BCUT2D eigenvalue weighted by molar-refractivity contribution is 5.78. The molecule has 3 rings (SSSR count). The van der Waals surface area contributed by atoms with E-state index in [0.29, 0.717) is 12.0 Å². The number of guanidine groups is 1. The van der Waals surface area contributed by atoms with E-state index >= 15 is 0 Å². The first kappa shape index (κ1) is 12.3. The molecule has 3 N–H and O–H groups in total. The zero-order chi connectivity index (χ0) is 12.4. The summed E-state index contributed by atoms with van der Waals surface area (Å²) in [6, 6.07) is 1.53. The number of piperidine rings is 1. The van der Waals surface area contributed by atoms with Crippen molar-refractivity contribution in [1.29, 1.82) is 0 Å². The van der Waals surface area contributed by atoms with Crippen LogP contribution in [0.15, 0.2) is 4.99 Å². The molecule has 4 nitrogen and oxygen atoms in total. The lowest BCUT2D eigenvalue weighted by Gasteiger charge is -2.31. The fourth-order valence-electron chi connectivity index (χ4n) is 2.98. The molecule has 0 aromatic carbocycles. The second-order valence-electron chi connectivity index (χ2n) is 6.21. The van der Waals surface area contributed by atoms with Gasteiger partial charge in [0.1, 0.15) is 0 Å². The number of rotatable bonds is 4. The van der Waals surface area contributed by atoms with Crippen molar-refractivity contribution in [2.24, 2.45) is 16.6 Å². The molecular weight excluding hydrogens is 224 g/mol. The third-order valence-electron chi connectivity index (χ3n) is 4.69. The molecule has 2 saturated carbocycles. The maximum atomic E-state index is 5.92. The molecule has 0 radical (unpaired) electrons. The van der Waals surface area contributed by atoms with E-state index in [1.54, 1.807) is 0 Å². The Hall–Kier alpha value is -0.770. The van der Waals surface area contributed by atoms with Crippen LogP contribution in [0.3, 0.4) is 0 Å². The van der Waals surface area contributed by atoms with Crippen molar-refractivity contribution in [3.63, 3.8) is 0 Å². The normalized spacial score (nSPS) is 28.1. The number of aliphatic imine (C=N–C) groups is 1. The van der Waals surface area contributed by atoms with E-state index in [4.69, 9.17) is 5.73 Å². The van der Waals surface area contributed by atoms with Gasteiger partial charge in [-0.2, -0.15) is 0 Å². The Morgan fingerprint density at radius 1 is 1.11 bits per heavy atom. The van der Waals surface area contributed by atoms with Gasteiger partial charge < -0.3 is 16.0 Å². The molecule has 3 fully saturated rings. The lowest BCUT2D eigenvalue weighted by Crippen LogP contribution is -2.44. The summed E-state index contributed by atoms with van der Waals surface area (Å²) < 4.78 is 0. The minimum atomic E-state index is 0.602. The molecule has 4 heteroatoms. The van der Waals surface area contributed by atoms with E-state index in [1.807, 2.05) is 0 Å². The quantitative estimate of drug-likeness (QED) is 0.584. The van der Waals surface area contributed by atoms with Crippen molar-refractivity contribution in [2.45, 2.75) is 57.0 Å². The molecule has 0 bridgehead atoms. The minimum Gasteiger partial charge on any atom is -0.370 e. The second kappa shape index (κ2) is 5.47. The maximum Gasteiger partial charge on any atom is 0.188 e. The van der Waals surface area contributed by atoms with Crippen LogP contribution in [0.2, 0.25) is 0 Å². The average molecular weight is 250 g/mol. The van der Waals surface area contributed by atoms with Crippen LogP contribution in [0.1, 0.15) is 44.9 Å². The largest absolute Gasteiger partial charge is 0.370 e. The summed E-state index contributed by atoms with van der Waals surface area (Å²) in [4.78, 5) is 7.18. The van der Waals surface area contributed by atoms with Crippen LogP contribution < -0.4 is 11.1 Å². The number of nitrogens with one attached hydrogen (secondary N) is 1. The summed E-state index contributed by atoms with van der Waals surface area (Å²) in [5, 5.41) is 3.31. The Labute approximate surface area is 110 Å². The van der Waals surface area contributed by atoms with E-state index < -0.39 is 0 Å². The van der Waals surface area contributed by atoms with Gasteiger partial charge in [-0.3, -0.25) is 4.99 Å². The summed E-state index contributed by atoms with van der Waals surface area (Å²) in [5.41, 5.74) is 5.92. The molecule has 0 amide bonds. The standard InChI is InChI=1S/C14H26N4/c15-14(17-12-2-1-3-12)16-10-11-6-8-18(9-7-11)13-4-5-13/h11-13H,1-10H2,(H3,15,16,17). The van der Waals surface area contributed by atoms with Crippen LogP contribution in [0.25, 0.3) is 0 Å². The van der Waals surface area contributed by atoms with Gasteiger partial charge in [0.25, 0.3) is 0 Å². The van der Waals surface area contributed by atoms with Gasteiger partial charge in [-0.25, -0.2) is 0 Å². The van der Waals surface area contributed by atoms with Crippen molar-refractivity contribution >= 4 is 5.96 Å². The minimum absolute atomic E-state index is 0.602. The molecule has 0 unspecified atom stereocenters. The van der Waals surface area contributed by atoms with Gasteiger partial charge in [-0.05, 0) is 64.0 Å². The predicted octanol–water partition coefficient (Wildman–Crippen LogP) is 1.32. The third-order valence-corrected chi connectivity index (χ3v) is 4.69. The molecule has 0 aromatic heterocycles. The van der Waals surface area contributed by atoms with E-state index in [9.17, 15) is 0 Å². The van der Waals surface area contributed by atoms with E-state index in [0.717, 1.165) is 18.5 Å². The highest BCUT2D eigenvalue weighted by Gasteiger charge is 2.31. The fourth-order valence-corrected chi connectivity index (χ4v) is 2.98. The van der Waals surface area contributed by atoms with E-state index in [1.165, 1.54) is 58.0 Å². The maximum absolute atomic E-state index is 5.92.